The third-order valence-electron chi connectivity index (χ3n) is 5.12. The number of ketones is 1. The lowest BCUT2D eigenvalue weighted by molar-refractivity contribution is 0.0734. The summed E-state index contributed by atoms with van der Waals surface area (Å²) in [5.74, 6) is -0.591. The van der Waals surface area contributed by atoms with E-state index in [-0.39, 0.29) is 22.8 Å². The van der Waals surface area contributed by atoms with Crippen molar-refractivity contribution in [3.05, 3.63) is 114 Å². The number of carbonyl (C=O) groups excluding carboxylic acids is 2. The van der Waals surface area contributed by atoms with Crippen LogP contribution in [0.3, 0.4) is 0 Å². The Morgan fingerprint density at radius 3 is 2.24 bits per heavy atom. The Morgan fingerprint density at radius 2 is 1.52 bits per heavy atom. The van der Waals surface area contributed by atoms with Crippen molar-refractivity contribution < 1.29 is 23.8 Å². The Kier molecular flexibility index (Phi) is 5.16. The van der Waals surface area contributed by atoms with Crippen LogP contribution in [0.25, 0.3) is 22.6 Å². The molecule has 6 nitrogen and oxygen atoms in total. The number of oxazole rings is 1. The molecule has 0 bridgehead atoms. The first-order valence-corrected chi connectivity index (χ1v) is 10.2. The molecule has 0 fully saturated rings. The zero-order valence-electron chi connectivity index (χ0n) is 17.3. The van der Waals surface area contributed by atoms with Crippen molar-refractivity contribution >= 4 is 22.9 Å². The van der Waals surface area contributed by atoms with Crippen LogP contribution in [0, 0.1) is 0 Å². The molecule has 33 heavy (non-hydrogen) atoms. The van der Waals surface area contributed by atoms with Gasteiger partial charge in [0.25, 0.3) is 0 Å². The molecule has 0 aliphatic carbocycles. The predicted octanol–water partition coefficient (Wildman–Crippen LogP) is 5.65. The maximum absolute atomic E-state index is 12.5. The zero-order chi connectivity index (χ0) is 22.8. The summed E-state index contributed by atoms with van der Waals surface area (Å²) in [6.07, 6.45) is 0. The molecule has 0 unspecified atom stereocenters. The molecule has 0 aliphatic rings. The number of ether oxygens (including phenoxy) is 1. The number of phenols is 1. The highest BCUT2D eigenvalue weighted by atomic mass is 16.5. The summed E-state index contributed by atoms with van der Waals surface area (Å²) in [6, 6.07) is 26.9. The lowest BCUT2D eigenvalue weighted by atomic mass is 10.0. The lowest BCUT2D eigenvalue weighted by Gasteiger charge is -2.08. The normalized spacial score (nSPS) is 10.8. The van der Waals surface area contributed by atoms with E-state index in [0.29, 0.717) is 22.6 Å². The van der Waals surface area contributed by atoms with Gasteiger partial charge in [0.2, 0.25) is 5.89 Å². The minimum Gasteiger partial charge on any atom is -0.507 e. The Balaban J connectivity index is 1.31. The SMILES string of the molecule is O=C(Oc1ccc(C(=O)c2ccccc2)c(O)c1)c1ccc(-c2nc3ccccc3o2)cc1. The van der Waals surface area contributed by atoms with Crippen LogP contribution in [-0.4, -0.2) is 21.8 Å². The molecule has 0 amide bonds. The molecule has 0 radical (unpaired) electrons. The van der Waals surface area contributed by atoms with Gasteiger partial charge in [-0.05, 0) is 48.5 Å². The molecule has 1 aromatic heterocycles. The topological polar surface area (TPSA) is 89.6 Å². The number of hydrogen-bond acceptors (Lipinski definition) is 6. The number of rotatable bonds is 5. The molecule has 1 N–H and O–H groups in total. The molecule has 160 valence electrons. The average Bonchev–Trinajstić information content (AvgIpc) is 3.29. The Bertz CT molecular complexity index is 1440. The summed E-state index contributed by atoms with van der Waals surface area (Å²) < 4.78 is 11.1. The molecular formula is C27H17NO5. The third kappa shape index (κ3) is 4.09. The van der Waals surface area contributed by atoms with Gasteiger partial charge >= 0.3 is 5.97 Å². The monoisotopic (exact) mass is 435 g/mol. The number of fused-ring (bicyclic) bond motifs is 1. The molecule has 6 heteroatoms. The van der Waals surface area contributed by atoms with Crippen LogP contribution in [0.1, 0.15) is 26.3 Å². The molecule has 5 aromatic rings. The van der Waals surface area contributed by atoms with E-state index in [2.05, 4.69) is 4.98 Å². The molecule has 0 aliphatic heterocycles. The lowest BCUT2D eigenvalue weighted by Crippen LogP contribution is -2.09. The van der Waals surface area contributed by atoms with Crippen molar-refractivity contribution in [1.29, 1.82) is 0 Å². The fourth-order valence-corrected chi connectivity index (χ4v) is 3.42. The number of carbonyl (C=O) groups is 2. The second-order valence-electron chi connectivity index (χ2n) is 7.33. The average molecular weight is 435 g/mol. The number of para-hydroxylation sites is 2. The van der Waals surface area contributed by atoms with Crippen molar-refractivity contribution in [1.82, 2.24) is 4.98 Å². The third-order valence-corrected chi connectivity index (χ3v) is 5.12. The van der Waals surface area contributed by atoms with E-state index < -0.39 is 5.97 Å². The summed E-state index contributed by atoms with van der Waals surface area (Å²) in [6.45, 7) is 0. The fourth-order valence-electron chi connectivity index (χ4n) is 3.42. The van der Waals surface area contributed by atoms with Gasteiger partial charge in [-0.1, -0.05) is 42.5 Å². The number of hydrogen-bond donors (Lipinski definition) is 1. The van der Waals surface area contributed by atoms with Gasteiger partial charge in [0.15, 0.2) is 11.4 Å². The number of esters is 1. The van der Waals surface area contributed by atoms with E-state index in [1.54, 1.807) is 54.6 Å². The maximum Gasteiger partial charge on any atom is 0.343 e. The molecule has 4 aromatic carbocycles. The highest BCUT2D eigenvalue weighted by Gasteiger charge is 2.16. The van der Waals surface area contributed by atoms with Gasteiger partial charge in [-0.15, -0.1) is 0 Å². The van der Waals surface area contributed by atoms with E-state index >= 15 is 0 Å². The van der Waals surface area contributed by atoms with E-state index in [4.69, 9.17) is 9.15 Å². The van der Waals surface area contributed by atoms with Gasteiger partial charge in [-0.3, -0.25) is 4.79 Å². The Labute approximate surface area is 188 Å². The Hall–Kier alpha value is -4.71. The van der Waals surface area contributed by atoms with E-state index in [1.807, 2.05) is 24.3 Å². The predicted molar refractivity (Wildman–Crippen MR) is 122 cm³/mol. The largest absolute Gasteiger partial charge is 0.507 e. The van der Waals surface area contributed by atoms with Crippen LogP contribution >= 0.6 is 0 Å². The highest BCUT2D eigenvalue weighted by Crippen LogP contribution is 2.27. The van der Waals surface area contributed by atoms with Crippen LogP contribution in [0.15, 0.2) is 101 Å². The highest BCUT2D eigenvalue weighted by molar-refractivity contribution is 6.10. The molecule has 5 rings (SSSR count). The molecule has 0 atom stereocenters. The summed E-state index contributed by atoms with van der Waals surface area (Å²) in [4.78, 5) is 29.5. The van der Waals surface area contributed by atoms with Gasteiger partial charge in [-0.2, -0.15) is 0 Å². The number of nitrogens with zero attached hydrogens (tertiary/aromatic N) is 1. The maximum atomic E-state index is 12.5. The van der Waals surface area contributed by atoms with Crippen LogP contribution in [0.5, 0.6) is 11.5 Å². The second kappa shape index (κ2) is 8.43. The van der Waals surface area contributed by atoms with Gasteiger partial charge in [0.05, 0.1) is 11.1 Å². The van der Waals surface area contributed by atoms with Gasteiger partial charge in [0, 0.05) is 17.2 Å². The molecule has 0 spiro atoms. The van der Waals surface area contributed by atoms with Crippen LogP contribution in [0.4, 0.5) is 0 Å². The standard InChI is InChI=1S/C27H17NO5/c29-23-16-20(14-15-21(23)25(30)17-6-2-1-3-7-17)32-27(31)19-12-10-18(11-13-19)26-28-22-8-4-5-9-24(22)33-26/h1-16,29H. The van der Waals surface area contributed by atoms with E-state index in [9.17, 15) is 14.7 Å². The summed E-state index contributed by atoms with van der Waals surface area (Å²) in [5.41, 5.74) is 3.07. The zero-order valence-corrected chi connectivity index (χ0v) is 17.3. The summed E-state index contributed by atoms with van der Waals surface area (Å²) in [7, 11) is 0. The smallest absolute Gasteiger partial charge is 0.343 e. The molecule has 0 saturated heterocycles. The number of phenolic OH excluding ortho intramolecular Hbond substituents is 1. The molecule has 0 saturated carbocycles. The van der Waals surface area contributed by atoms with Crippen molar-refractivity contribution in [2.75, 3.05) is 0 Å². The number of aromatic nitrogens is 1. The Morgan fingerprint density at radius 1 is 0.788 bits per heavy atom. The molecule has 1 heterocycles. The summed E-state index contributed by atoms with van der Waals surface area (Å²) >= 11 is 0. The second-order valence-corrected chi connectivity index (χ2v) is 7.33. The first kappa shape index (κ1) is 20.2. The van der Waals surface area contributed by atoms with Crippen LogP contribution in [-0.2, 0) is 0 Å². The van der Waals surface area contributed by atoms with Crippen molar-refractivity contribution in [2.24, 2.45) is 0 Å². The van der Waals surface area contributed by atoms with Crippen molar-refractivity contribution in [3.8, 4) is 23.0 Å². The first-order chi connectivity index (χ1) is 16.1. The van der Waals surface area contributed by atoms with Crippen LogP contribution < -0.4 is 4.74 Å². The van der Waals surface area contributed by atoms with Gasteiger partial charge < -0.3 is 14.3 Å². The minimum absolute atomic E-state index is 0.128. The van der Waals surface area contributed by atoms with Crippen molar-refractivity contribution in [2.45, 2.75) is 0 Å². The van der Waals surface area contributed by atoms with E-state index in [0.717, 1.165) is 11.1 Å². The number of benzene rings is 4. The quantitative estimate of drug-likeness (QED) is 0.218. The molecular weight excluding hydrogens is 418 g/mol. The van der Waals surface area contributed by atoms with E-state index in [1.165, 1.54) is 18.2 Å². The minimum atomic E-state index is -0.597. The van der Waals surface area contributed by atoms with Gasteiger partial charge in [-0.25, -0.2) is 9.78 Å². The summed E-state index contributed by atoms with van der Waals surface area (Å²) in [5, 5.41) is 10.3. The fraction of sp³-hybridized carbons (Fsp3) is 0. The van der Waals surface area contributed by atoms with Gasteiger partial charge in [0.1, 0.15) is 17.0 Å². The van der Waals surface area contributed by atoms with Crippen LogP contribution in [0.2, 0.25) is 0 Å². The number of aromatic hydroxyl groups is 1. The first-order valence-electron chi connectivity index (χ1n) is 10.2. The van der Waals surface area contributed by atoms with Crippen molar-refractivity contribution in [3.63, 3.8) is 0 Å².